The summed E-state index contributed by atoms with van der Waals surface area (Å²) >= 11 is 5.81. The number of ether oxygens (including phenoxy) is 3. The maximum absolute atomic E-state index is 15.0. The molecule has 1 aliphatic heterocycles. The summed E-state index contributed by atoms with van der Waals surface area (Å²) in [4.78, 5) is 4.01. The zero-order chi connectivity index (χ0) is 16.6. The lowest BCUT2D eigenvalue weighted by Crippen LogP contribution is -2.48. The Kier molecular flexibility index (Phi) is 3.76. The molecule has 1 spiro atoms. The Hall–Kier alpha value is -2.01. The van der Waals surface area contributed by atoms with E-state index in [4.69, 9.17) is 25.8 Å². The van der Waals surface area contributed by atoms with Crippen molar-refractivity contribution < 1.29 is 18.6 Å². The summed E-state index contributed by atoms with van der Waals surface area (Å²) in [6.45, 7) is -0.0522. The maximum Gasteiger partial charge on any atom is 0.251 e. The van der Waals surface area contributed by atoms with Crippen molar-refractivity contribution in [2.45, 2.75) is 37.1 Å². The van der Waals surface area contributed by atoms with E-state index in [2.05, 4.69) is 4.98 Å². The lowest BCUT2D eigenvalue weighted by molar-refractivity contribution is -0.136. The molecule has 0 atom stereocenters. The second kappa shape index (κ2) is 5.81. The Labute approximate surface area is 144 Å². The minimum absolute atomic E-state index is 0.0522. The molecular formula is C18H17ClFNO3. The second-order valence-electron chi connectivity index (χ2n) is 6.30. The van der Waals surface area contributed by atoms with E-state index in [-0.39, 0.29) is 6.61 Å². The molecule has 2 heterocycles. The highest BCUT2D eigenvalue weighted by atomic mass is 35.5. The van der Waals surface area contributed by atoms with E-state index < -0.39 is 11.5 Å². The Balaban J connectivity index is 1.37. The standard InChI is InChI=1S/C18H17ClFNO3/c19-15-6-3-7-16(21-15)22-12-17(20)8-10-18(11-9-17)23-13-4-1-2-5-14(13)24-18/h1-7H,8-12H2. The first-order chi connectivity index (χ1) is 11.6. The Bertz CT molecular complexity index is 720. The summed E-state index contributed by atoms with van der Waals surface area (Å²) in [6, 6.07) is 12.6. The van der Waals surface area contributed by atoms with Crippen molar-refractivity contribution in [3.63, 3.8) is 0 Å². The van der Waals surface area contributed by atoms with E-state index in [1.165, 1.54) is 0 Å². The zero-order valence-electron chi connectivity index (χ0n) is 13.0. The number of nitrogens with zero attached hydrogens (tertiary/aromatic N) is 1. The van der Waals surface area contributed by atoms with E-state index in [1.807, 2.05) is 24.3 Å². The van der Waals surface area contributed by atoms with E-state index in [0.29, 0.717) is 36.7 Å². The molecule has 4 nitrogen and oxygen atoms in total. The van der Waals surface area contributed by atoms with Crippen LogP contribution < -0.4 is 14.2 Å². The number of hydrogen-bond donors (Lipinski definition) is 0. The first-order valence-electron chi connectivity index (χ1n) is 7.97. The van der Waals surface area contributed by atoms with E-state index in [1.54, 1.807) is 18.2 Å². The SMILES string of the molecule is FC1(COc2cccc(Cl)n2)CCC2(CC1)Oc1ccccc1O2. The quantitative estimate of drug-likeness (QED) is 0.761. The maximum atomic E-state index is 15.0. The molecule has 0 saturated heterocycles. The molecule has 4 rings (SSSR count). The average Bonchev–Trinajstić information content (AvgIpc) is 2.95. The van der Waals surface area contributed by atoms with Crippen molar-refractivity contribution in [1.82, 2.24) is 4.98 Å². The van der Waals surface area contributed by atoms with Crippen molar-refractivity contribution >= 4 is 11.6 Å². The molecule has 2 aromatic rings. The van der Waals surface area contributed by atoms with Gasteiger partial charge in [0.05, 0.1) is 0 Å². The number of pyridine rings is 1. The lowest BCUT2D eigenvalue weighted by Gasteiger charge is -2.38. The lowest BCUT2D eigenvalue weighted by atomic mass is 9.83. The Morgan fingerprint density at radius 3 is 2.29 bits per heavy atom. The second-order valence-corrected chi connectivity index (χ2v) is 6.69. The van der Waals surface area contributed by atoms with Gasteiger partial charge in [-0.05, 0) is 31.0 Å². The van der Waals surface area contributed by atoms with Crippen molar-refractivity contribution in [3.8, 4) is 17.4 Å². The van der Waals surface area contributed by atoms with Gasteiger partial charge in [-0.2, -0.15) is 0 Å². The molecular weight excluding hydrogens is 333 g/mol. The van der Waals surface area contributed by atoms with Gasteiger partial charge in [-0.25, -0.2) is 9.37 Å². The fraction of sp³-hybridized carbons (Fsp3) is 0.389. The Morgan fingerprint density at radius 2 is 1.67 bits per heavy atom. The van der Waals surface area contributed by atoms with Gasteiger partial charge in [0, 0.05) is 18.9 Å². The fourth-order valence-corrected chi connectivity index (χ4v) is 3.30. The number of benzene rings is 1. The van der Waals surface area contributed by atoms with Gasteiger partial charge in [-0.1, -0.05) is 29.8 Å². The summed E-state index contributed by atoms with van der Waals surface area (Å²) in [6.07, 6.45) is 1.57. The van der Waals surface area contributed by atoms with Gasteiger partial charge in [-0.15, -0.1) is 0 Å². The normalized spacial score (nSPS) is 20.1. The van der Waals surface area contributed by atoms with Gasteiger partial charge in [0.15, 0.2) is 11.5 Å². The summed E-state index contributed by atoms with van der Waals surface area (Å²) in [7, 11) is 0. The van der Waals surface area contributed by atoms with Crippen LogP contribution in [0.15, 0.2) is 42.5 Å². The minimum atomic E-state index is -1.42. The third-order valence-electron chi connectivity index (χ3n) is 4.52. The predicted octanol–water partition coefficient (Wildman–Crippen LogP) is 4.56. The molecule has 1 saturated carbocycles. The number of rotatable bonds is 3. The van der Waals surface area contributed by atoms with Crippen LogP contribution in [-0.4, -0.2) is 23.0 Å². The highest BCUT2D eigenvalue weighted by molar-refractivity contribution is 6.29. The minimum Gasteiger partial charge on any atom is -0.474 e. The van der Waals surface area contributed by atoms with E-state index >= 15 is 4.39 Å². The van der Waals surface area contributed by atoms with Crippen molar-refractivity contribution in [2.24, 2.45) is 0 Å². The number of fused-ring (bicyclic) bond motifs is 1. The number of alkyl halides is 1. The monoisotopic (exact) mass is 349 g/mol. The topological polar surface area (TPSA) is 40.6 Å². The van der Waals surface area contributed by atoms with Crippen LogP contribution >= 0.6 is 11.6 Å². The van der Waals surface area contributed by atoms with Crippen LogP contribution in [0.1, 0.15) is 25.7 Å². The van der Waals surface area contributed by atoms with Crippen LogP contribution in [0.5, 0.6) is 17.4 Å². The molecule has 2 aliphatic rings. The Morgan fingerprint density at radius 1 is 1.00 bits per heavy atom. The highest BCUT2D eigenvalue weighted by Gasteiger charge is 2.50. The largest absolute Gasteiger partial charge is 0.474 e. The number of hydrogen-bond acceptors (Lipinski definition) is 4. The van der Waals surface area contributed by atoms with Gasteiger partial charge < -0.3 is 14.2 Å². The summed E-state index contributed by atoms with van der Waals surface area (Å²) < 4.78 is 32.4. The van der Waals surface area contributed by atoms with Crippen molar-refractivity contribution in [2.75, 3.05) is 6.61 Å². The van der Waals surface area contributed by atoms with Gasteiger partial charge in [0.25, 0.3) is 5.79 Å². The molecule has 1 aliphatic carbocycles. The smallest absolute Gasteiger partial charge is 0.251 e. The molecule has 126 valence electrons. The molecule has 1 aromatic heterocycles. The number of aromatic nitrogens is 1. The van der Waals surface area contributed by atoms with E-state index in [9.17, 15) is 0 Å². The highest BCUT2D eigenvalue weighted by Crippen LogP contribution is 2.48. The number of para-hydroxylation sites is 2. The molecule has 0 amide bonds. The van der Waals surface area contributed by atoms with Crippen LogP contribution in [0.2, 0.25) is 5.15 Å². The molecule has 1 aromatic carbocycles. The zero-order valence-corrected chi connectivity index (χ0v) is 13.8. The molecule has 1 fully saturated rings. The van der Waals surface area contributed by atoms with Gasteiger partial charge in [0.1, 0.15) is 17.4 Å². The summed E-state index contributed by atoms with van der Waals surface area (Å²) in [5.74, 6) is 1.04. The fourth-order valence-electron chi connectivity index (χ4n) is 3.14. The predicted molar refractivity (Wildman–Crippen MR) is 87.5 cm³/mol. The third-order valence-corrected chi connectivity index (χ3v) is 4.73. The van der Waals surface area contributed by atoms with Crippen LogP contribution in [0.3, 0.4) is 0 Å². The van der Waals surface area contributed by atoms with Gasteiger partial charge in [0.2, 0.25) is 5.88 Å². The summed E-state index contributed by atoms with van der Waals surface area (Å²) in [5.41, 5.74) is -1.42. The van der Waals surface area contributed by atoms with Gasteiger partial charge >= 0.3 is 0 Å². The average molecular weight is 350 g/mol. The van der Waals surface area contributed by atoms with Crippen LogP contribution in [0.4, 0.5) is 4.39 Å². The third kappa shape index (κ3) is 3.00. The first kappa shape index (κ1) is 15.5. The first-order valence-corrected chi connectivity index (χ1v) is 8.35. The summed E-state index contributed by atoms with van der Waals surface area (Å²) in [5, 5.41) is 0.327. The van der Waals surface area contributed by atoms with E-state index in [0.717, 1.165) is 11.5 Å². The van der Waals surface area contributed by atoms with Crippen molar-refractivity contribution in [3.05, 3.63) is 47.6 Å². The van der Waals surface area contributed by atoms with Crippen LogP contribution in [-0.2, 0) is 0 Å². The van der Waals surface area contributed by atoms with Crippen LogP contribution in [0.25, 0.3) is 0 Å². The molecule has 0 N–H and O–H groups in total. The van der Waals surface area contributed by atoms with Crippen LogP contribution in [0, 0.1) is 0 Å². The molecule has 0 radical (unpaired) electrons. The van der Waals surface area contributed by atoms with Gasteiger partial charge in [-0.3, -0.25) is 0 Å². The molecule has 24 heavy (non-hydrogen) atoms. The molecule has 0 bridgehead atoms. The molecule has 0 unspecified atom stereocenters. The number of halogens is 2. The molecule has 6 heteroatoms. The van der Waals surface area contributed by atoms with Crippen molar-refractivity contribution in [1.29, 1.82) is 0 Å².